The van der Waals surface area contributed by atoms with E-state index in [2.05, 4.69) is 102 Å². The van der Waals surface area contributed by atoms with Crippen LogP contribution < -0.4 is 0 Å². The van der Waals surface area contributed by atoms with Crippen LogP contribution in [0.3, 0.4) is 0 Å². The Morgan fingerprint density at radius 3 is 1.27 bits per heavy atom. The van der Waals surface area contributed by atoms with Crippen LogP contribution in [-0.4, -0.2) is 11.4 Å². The molecule has 0 unspecified atom stereocenters. The number of hydrogen-bond donors (Lipinski definition) is 0. The number of aryl methyl sites for hydroxylation is 4. The predicted molar refractivity (Wildman–Crippen MR) is 248 cm³/mol. The third kappa shape index (κ3) is 25.0. The summed E-state index contributed by atoms with van der Waals surface area (Å²) in [6.45, 7) is 13.7. The Bertz CT molecular complexity index is 1360. The average Bonchev–Trinajstić information content (AvgIpc) is 3.18. The number of rotatable bonds is 32. The molecule has 0 radical (unpaired) electrons. The molecule has 0 bridgehead atoms. The van der Waals surface area contributed by atoms with Gasteiger partial charge in [0.15, 0.2) is 0 Å². The van der Waals surface area contributed by atoms with Crippen molar-refractivity contribution in [3.05, 3.63) is 70.8 Å². The Balaban J connectivity index is 0.0000157. The minimum Gasteiger partial charge on any atom is -0.246 e. The second kappa shape index (κ2) is 35.7. The molecule has 3 heteroatoms. The van der Waals surface area contributed by atoms with Crippen molar-refractivity contribution in [3.8, 4) is 11.8 Å². The smallest absolute Gasteiger partial charge is 0.139 e. The van der Waals surface area contributed by atoms with Gasteiger partial charge in [0.2, 0.25) is 0 Å². The van der Waals surface area contributed by atoms with E-state index < -0.39 is 0 Å². The number of hydrogen-bond acceptors (Lipinski definition) is 2. The molecule has 316 valence electrons. The molecule has 0 atom stereocenters. The van der Waals surface area contributed by atoms with Gasteiger partial charge in [0, 0.05) is 22.9 Å². The fraction of sp³-hybridized carbons (Fsp3) is 0.660. The number of benzene rings is 2. The summed E-state index contributed by atoms with van der Waals surface area (Å²) in [6.07, 6.45) is 40.2. The maximum absolute atomic E-state index is 5.49. The topological polar surface area (TPSA) is 24.7 Å². The second-order valence-corrected chi connectivity index (χ2v) is 16.2. The molecule has 0 amide bonds. The van der Waals surface area contributed by atoms with Gasteiger partial charge in [0.1, 0.15) is 5.71 Å². The molecule has 2 rings (SSSR count). The van der Waals surface area contributed by atoms with E-state index in [0.29, 0.717) is 0 Å². The normalized spacial score (nSPS) is 11.9. The molecule has 0 spiro atoms. The third-order valence-corrected chi connectivity index (χ3v) is 10.7. The van der Waals surface area contributed by atoms with Gasteiger partial charge < -0.3 is 0 Å². The maximum Gasteiger partial charge on any atom is 0.139 e. The Labute approximate surface area is 358 Å². The van der Waals surface area contributed by atoms with Crippen molar-refractivity contribution < 1.29 is 16.5 Å². The van der Waals surface area contributed by atoms with Crippen LogP contribution in [0.2, 0.25) is 0 Å². The quantitative estimate of drug-likeness (QED) is 0.0304. The van der Waals surface area contributed by atoms with Crippen molar-refractivity contribution >= 4 is 22.8 Å². The summed E-state index contributed by atoms with van der Waals surface area (Å²) in [5.41, 5.74) is 9.50. The van der Waals surface area contributed by atoms with Gasteiger partial charge in [-0.2, -0.15) is 0 Å². The number of nitrogens with zero attached hydrogens (tertiary/aromatic N) is 2. The van der Waals surface area contributed by atoms with Crippen LogP contribution in [0, 0.1) is 11.8 Å². The van der Waals surface area contributed by atoms with Crippen LogP contribution in [-0.2, 0) is 42.2 Å². The number of aliphatic imine (C=N–C) groups is 2. The minimum atomic E-state index is 0. The van der Waals surface area contributed by atoms with Gasteiger partial charge in [-0.15, -0.1) is 0 Å². The third-order valence-electron chi connectivity index (χ3n) is 10.7. The molecule has 2 aromatic rings. The van der Waals surface area contributed by atoms with Gasteiger partial charge in [0.25, 0.3) is 0 Å². The molecule has 0 N–H and O–H groups in total. The predicted octanol–water partition coefficient (Wildman–Crippen LogP) is 17.1. The molecule has 2 nitrogen and oxygen atoms in total. The monoisotopic (exact) mass is 807 g/mol. The Morgan fingerprint density at radius 1 is 0.446 bits per heavy atom. The van der Waals surface area contributed by atoms with E-state index in [0.717, 1.165) is 67.7 Å². The van der Waals surface area contributed by atoms with Crippen LogP contribution >= 0.6 is 0 Å². The Hall–Kier alpha value is -2.43. The van der Waals surface area contributed by atoms with Crippen LogP contribution in [0.25, 0.3) is 0 Å². The zero-order valence-corrected chi connectivity index (χ0v) is 38.3. The fourth-order valence-electron chi connectivity index (χ4n) is 7.30. The molecular weight excluding hydrogens is 723 g/mol. The summed E-state index contributed by atoms with van der Waals surface area (Å²) in [6, 6.07) is 14.3. The van der Waals surface area contributed by atoms with Crippen molar-refractivity contribution in [1.29, 1.82) is 0 Å². The summed E-state index contributed by atoms with van der Waals surface area (Å²) >= 11 is 0. The molecule has 0 heterocycles. The number of unbranched alkanes of at least 4 members (excludes halogenated alkanes) is 19. The number of allylic oxidation sites excluding steroid dienone is 2. The zero-order valence-electron chi connectivity index (χ0n) is 37.3. The standard InChI is InChI=1S/C53H84N2.Ni/c1-7-13-19-21-23-24-25-27-33-39-53(55-51-44-48(36-30-17-11-5)41-49(45-51)37-31-18-12-6)52(38-32-26-22-20-14-8-2)54-50-42-46(34-28-15-9-3)40-47(43-50)35-29-16-10-4;/h33,39-45H,7-31,34-37H2,1-6H3;/b39-33+,54-52?,55-53?;. The Kier molecular flexibility index (Phi) is 32.9. The first-order valence-corrected chi connectivity index (χ1v) is 23.6. The van der Waals surface area contributed by atoms with Gasteiger partial charge >= 0.3 is 0 Å². The zero-order chi connectivity index (χ0) is 39.6. The molecule has 0 saturated carbocycles. The molecule has 0 aliphatic heterocycles. The van der Waals surface area contributed by atoms with Gasteiger partial charge in [0.05, 0.1) is 17.1 Å². The van der Waals surface area contributed by atoms with Crippen molar-refractivity contribution in [2.75, 3.05) is 0 Å². The first-order valence-electron chi connectivity index (χ1n) is 23.6. The van der Waals surface area contributed by atoms with E-state index in [4.69, 9.17) is 9.98 Å². The molecule has 0 aromatic heterocycles. The van der Waals surface area contributed by atoms with Gasteiger partial charge in [-0.25, -0.2) is 9.98 Å². The summed E-state index contributed by atoms with van der Waals surface area (Å²) in [5, 5.41) is 0. The minimum absolute atomic E-state index is 0. The first kappa shape index (κ1) is 51.6. The summed E-state index contributed by atoms with van der Waals surface area (Å²) in [4.78, 5) is 10.9. The SMILES string of the molecule is CCCCCCC#CC(=Nc1cc(CCCCC)cc(CCCCC)c1)C(/C=C/CCCCCCCCC)=Nc1cc(CCCCC)cc(CCCCC)c1.[Ni]. The van der Waals surface area contributed by atoms with Crippen molar-refractivity contribution in [2.24, 2.45) is 9.98 Å². The maximum atomic E-state index is 5.49. The summed E-state index contributed by atoms with van der Waals surface area (Å²) < 4.78 is 0. The molecule has 0 saturated heterocycles. The molecule has 56 heavy (non-hydrogen) atoms. The van der Waals surface area contributed by atoms with Crippen molar-refractivity contribution in [1.82, 2.24) is 0 Å². The van der Waals surface area contributed by atoms with E-state index in [1.165, 1.54) is 164 Å². The van der Waals surface area contributed by atoms with Crippen molar-refractivity contribution in [2.45, 2.75) is 228 Å². The van der Waals surface area contributed by atoms with Crippen LogP contribution in [0.5, 0.6) is 0 Å². The molecule has 0 fully saturated rings. The van der Waals surface area contributed by atoms with E-state index in [1.807, 2.05) is 0 Å². The van der Waals surface area contributed by atoms with E-state index in [1.54, 1.807) is 0 Å². The van der Waals surface area contributed by atoms with Crippen LogP contribution in [0.4, 0.5) is 11.4 Å². The molecular formula is C53H84N2Ni. The first-order chi connectivity index (χ1) is 27.1. The van der Waals surface area contributed by atoms with Gasteiger partial charge in [-0.3, -0.25) is 0 Å². The fourth-order valence-corrected chi connectivity index (χ4v) is 7.30. The van der Waals surface area contributed by atoms with Crippen LogP contribution in [0.15, 0.2) is 58.5 Å². The average molecular weight is 808 g/mol. The largest absolute Gasteiger partial charge is 0.246 e. The van der Waals surface area contributed by atoms with E-state index in [-0.39, 0.29) is 16.5 Å². The summed E-state index contributed by atoms with van der Waals surface area (Å²) in [5.74, 6) is 7.20. The molecule has 2 aromatic carbocycles. The summed E-state index contributed by atoms with van der Waals surface area (Å²) in [7, 11) is 0. The van der Waals surface area contributed by atoms with Gasteiger partial charge in [-0.1, -0.05) is 175 Å². The second-order valence-electron chi connectivity index (χ2n) is 16.2. The van der Waals surface area contributed by atoms with E-state index in [9.17, 15) is 0 Å². The van der Waals surface area contributed by atoms with Gasteiger partial charge in [-0.05, 0) is 129 Å². The molecule has 0 aliphatic carbocycles. The Morgan fingerprint density at radius 2 is 0.821 bits per heavy atom. The van der Waals surface area contributed by atoms with Crippen molar-refractivity contribution in [3.63, 3.8) is 0 Å². The van der Waals surface area contributed by atoms with E-state index >= 15 is 0 Å². The van der Waals surface area contributed by atoms with Crippen LogP contribution in [0.1, 0.15) is 224 Å². The molecule has 0 aliphatic rings.